The van der Waals surface area contributed by atoms with Gasteiger partial charge in [-0.25, -0.2) is 0 Å². The van der Waals surface area contributed by atoms with Crippen LogP contribution in [0.1, 0.15) is 58.8 Å². The second kappa shape index (κ2) is 9.01. The first kappa shape index (κ1) is 16.3. The fourth-order valence-electron chi connectivity index (χ4n) is 3.86. The summed E-state index contributed by atoms with van der Waals surface area (Å²) in [7, 11) is 0. The molecule has 3 heteroatoms. The summed E-state index contributed by atoms with van der Waals surface area (Å²) in [4.78, 5) is 2.74. The predicted octanol–water partition coefficient (Wildman–Crippen LogP) is 3.05. The van der Waals surface area contributed by atoms with Crippen LogP contribution in [0.25, 0.3) is 0 Å². The van der Waals surface area contributed by atoms with Crippen LogP contribution in [0.5, 0.6) is 0 Å². The summed E-state index contributed by atoms with van der Waals surface area (Å²) in [6, 6.07) is 1.50. The van der Waals surface area contributed by atoms with E-state index in [1.165, 1.54) is 58.0 Å². The van der Waals surface area contributed by atoms with E-state index < -0.39 is 0 Å². The molecule has 2 unspecified atom stereocenters. The van der Waals surface area contributed by atoms with E-state index >= 15 is 0 Å². The number of nitrogens with zero attached hydrogens (tertiary/aromatic N) is 1. The Morgan fingerprint density at radius 3 is 2.60 bits per heavy atom. The van der Waals surface area contributed by atoms with Gasteiger partial charge in [-0.3, -0.25) is 0 Å². The lowest BCUT2D eigenvalue weighted by molar-refractivity contribution is 0.00785. The molecule has 3 nitrogen and oxygen atoms in total. The van der Waals surface area contributed by atoms with E-state index in [-0.39, 0.29) is 0 Å². The van der Waals surface area contributed by atoms with Gasteiger partial charge >= 0.3 is 0 Å². The standard InChI is InChI=1S/C17H34N2O/c1-3-11-18-17-10-12-20-14-15(17)13-19(4-2)16-8-6-5-7-9-16/h15-18H,3-14H2,1-2H3. The van der Waals surface area contributed by atoms with Gasteiger partial charge in [0.2, 0.25) is 0 Å². The van der Waals surface area contributed by atoms with Crippen LogP contribution in [-0.2, 0) is 4.74 Å². The predicted molar refractivity (Wildman–Crippen MR) is 85.1 cm³/mol. The maximum absolute atomic E-state index is 5.76. The van der Waals surface area contributed by atoms with Gasteiger partial charge in [-0.05, 0) is 38.8 Å². The van der Waals surface area contributed by atoms with Gasteiger partial charge in [-0.15, -0.1) is 0 Å². The Kier molecular flexibility index (Phi) is 7.32. The maximum Gasteiger partial charge on any atom is 0.0521 e. The zero-order chi connectivity index (χ0) is 14.2. The number of hydrogen-bond donors (Lipinski definition) is 1. The van der Waals surface area contributed by atoms with E-state index in [1.807, 2.05) is 0 Å². The van der Waals surface area contributed by atoms with Crippen molar-refractivity contribution in [3.05, 3.63) is 0 Å². The molecule has 1 saturated heterocycles. The Labute approximate surface area is 125 Å². The summed E-state index contributed by atoms with van der Waals surface area (Å²) in [6.07, 6.45) is 9.54. The van der Waals surface area contributed by atoms with Gasteiger partial charge in [0.1, 0.15) is 0 Å². The Morgan fingerprint density at radius 2 is 1.90 bits per heavy atom. The molecule has 0 radical (unpaired) electrons. The highest BCUT2D eigenvalue weighted by Gasteiger charge is 2.29. The molecule has 0 aromatic rings. The van der Waals surface area contributed by atoms with Gasteiger partial charge in [-0.2, -0.15) is 0 Å². The van der Waals surface area contributed by atoms with Crippen molar-refractivity contribution in [2.24, 2.45) is 5.92 Å². The number of ether oxygens (including phenoxy) is 1. The molecule has 1 N–H and O–H groups in total. The third-order valence-corrected chi connectivity index (χ3v) is 5.10. The zero-order valence-electron chi connectivity index (χ0n) is 13.6. The Balaban J connectivity index is 1.86. The molecule has 2 fully saturated rings. The highest BCUT2D eigenvalue weighted by atomic mass is 16.5. The normalized spacial score (nSPS) is 28.9. The Hall–Kier alpha value is -0.120. The molecule has 0 bridgehead atoms. The molecule has 0 spiro atoms. The van der Waals surface area contributed by atoms with Crippen molar-refractivity contribution < 1.29 is 4.74 Å². The summed E-state index contributed by atoms with van der Waals surface area (Å²) in [5.41, 5.74) is 0. The largest absolute Gasteiger partial charge is 0.381 e. The van der Waals surface area contributed by atoms with Crippen LogP contribution in [0, 0.1) is 5.92 Å². The van der Waals surface area contributed by atoms with E-state index in [2.05, 4.69) is 24.1 Å². The Bertz CT molecular complexity index is 253. The lowest BCUT2D eigenvalue weighted by atomic mass is 9.91. The minimum Gasteiger partial charge on any atom is -0.381 e. The molecule has 0 aromatic carbocycles. The first-order chi connectivity index (χ1) is 9.85. The molecule has 0 amide bonds. The molecule has 0 aromatic heterocycles. The summed E-state index contributed by atoms with van der Waals surface area (Å²) >= 11 is 0. The number of nitrogens with one attached hydrogen (secondary N) is 1. The molecule has 20 heavy (non-hydrogen) atoms. The average Bonchev–Trinajstić information content (AvgIpc) is 2.52. The first-order valence-corrected chi connectivity index (χ1v) is 8.90. The van der Waals surface area contributed by atoms with Crippen LogP contribution in [0.15, 0.2) is 0 Å². The molecule has 2 aliphatic rings. The van der Waals surface area contributed by atoms with E-state index in [9.17, 15) is 0 Å². The summed E-state index contributed by atoms with van der Waals surface area (Å²) in [6.45, 7) is 10.0. The second-order valence-electron chi connectivity index (χ2n) is 6.56. The van der Waals surface area contributed by atoms with E-state index in [0.717, 1.165) is 25.8 Å². The van der Waals surface area contributed by atoms with Gasteiger partial charge in [0.15, 0.2) is 0 Å². The average molecular weight is 282 g/mol. The van der Waals surface area contributed by atoms with Gasteiger partial charge < -0.3 is 15.0 Å². The fraction of sp³-hybridized carbons (Fsp3) is 1.00. The third kappa shape index (κ3) is 4.71. The van der Waals surface area contributed by atoms with Crippen molar-refractivity contribution in [3.8, 4) is 0 Å². The van der Waals surface area contributed by atoms with Crippen LogP contribution in [0.3, 0.4) is 0 Å². The highest BCUT2D eigenvalue weighted by molar-refractivity contribution is 4.84. The first-order valence-electron chi connectivity index (χ1n) is 8.90. The lowest BCUT2D eigenvalue weighted by Crippen LogP contribution is -2.50. The van der Waals surface area contributed by atoms with Gasteiger partial charge in [0.25, 0.3) is 0 Å². The lowest BCUT2D eigenvalue weighted by Gasteiger charge is -2.40. The van der Waals surface area contributed by atoms with Gasteiger partial charge in [0, 0.05) is 31.2 Å². The quantitative estimate of drug-likeness (QED) is 0.777. The van der Waals surface area contributed by atoms with Crippen molar-refractivity contribution >= 4 is 0 Å². The summed E-state index contributed by atoms with van der Waals surface area (Å²) < 4.78 is 5.76. The minimum atomic E-state index is 0.668. The molecular formula is C17H34N2O. The molecule has 2 atom stereocenters. The van der Waals surface area contributed by atoms with Gasteiger partial charge in [-0.1, -0.05) is 33.1 Å². The second-order valence-corrected chi connectivity index (χ2v) is 6.56. The van der Waals surface area contributed by atoms with Crippen LogP contribution in [0.2, 0.25) is 0 Å². The van der Waals surface area contributed by atoms with Crippen molar-refractivity contribution in [2.75, 3.05) is 32.8 Å². The maximum atomic E-state index is 5.76. The molecule has 1 aliphatic carbocycles. The molecule has 1 heterocycles. The molecule has 2 rings (SSSR count). The molecule has 118 valence electrons. The summed E-state index contributed by atoms with van der Waals surface area (Å²) in [5, 5.41) is 3.75. The molecular weight excluding hydrogens is 248 g/mol. The van der Waals surface area contributed by atoms with E-state index in [4.69, 9.17) is 4.74 Å². The number of hydrogen-bond acceptors (Lipinski definition) is 3. The minimum absolute atomic E-state index is 0.668. The van der Waals surface area contributed by atoms with Crippen LogP contribution in [0.4, 0.5) is 0 Å². The van der Waals surface area contributed by atoms with Crippen LogP contribution < -0.4 is 5.32 Å². The zero-order valence-corrected chi connectivity index (χ0v) is 13.6. The smallest absolute Gasteiger partial charge is 0.0521 e. The van der Waals surface area contributed by atoms with Crippen LogP contribution in [-0.4, -0.2) is 49.8 Å². The van der Waals surface area contributed by atoms with Crippen molar-refractivity contribution in [1.29, 1.82) is 0 Å². The van der Waals surface area contributed by atoms with E-state index in [1.54, 1.807) is 0 Å². The Morgan fingerprint density at radius 1 is 1.10 bits per heavy atom. The van der Waals surface area contributed by atoms with Crippen molar-refractivity contribution in [3.63, 3.8) is 0 Å². The fourth-order valence-corrected chi connectivity index (χ4v) is 3.86. The van der Waals surface area contributed by atoms with Gasteiger partial charge in [0.05, 0.1) is 6.61 Å². The number of rotatable bonds is 7. The molecule has 1 saturated carbocycles. The van der Waals surface area contributed by atoms with Crippen molar-refractivity contribution in [1.82, 2.24) is 10.2 Å². The van der Waals surface area contributed by atoms with Crippen molar-refractivity contribution in [2.45, 2.75) is 70.9 Å². The highest BCUT2D eigenvalue weighted by Crippen LogP contribution is 2.25. The molecule has 1 aliphatic heterocycles. The summed E-state index contributed by atoms with van der Waals surface area (Å²) in [5.74, 6) is 0.678. The topological polar surface area (TPSA) is 24.5 Å². The van der Waals surface area contributed by atoms with Crippen LogP contribution >= 0.6 is 0 Å². The third-order valence-electron chi connectivity index (χ3n) is 5.10. The SMILES string of the molecule is CCCNC1CCOCC1CN(CC)C1CCCCC1. The van der Waals surface area contributed by atoms with E-state index in [0.29, 0.717) is 12.0 Å². The monoisotopic (exact) mass is 282 g/mol.